The topological polar surface area (TPSA) is 45.2 Å². The van der Waals surface area contributed by atoms with E-state index in [-0.39, 0.29) is 5.91 Å². The van der Waals surface area contributed by atoms with E-state index in [2.05, 4.69) is 22.1 Å². The minimum Gasteiger partial charge on any atom is -0.302 e. The molecular formula is C15H23N3OS. The van der Waals surface area contributed by atoms with Crippen molar-refractivity contribution in [1.29, 1.82) is 0 Å². The van der Waals surface area contributed by atoms with Crippen LogP contribution in [0.15, 0.2) is 0 Å². The van der Waals surface area contributed by atoms with Gasteiger partial charge in [0.2, 0.25) is 5.91 Å². The van der Waals surface area contributed by atoms with Gasteiger partial charge in [-0.15, -0.1) is 11.3 Å². The van der Waals surface area contributed by atoms with Crippen molar-refractivity contribution in [3.8, 4) is 0 Å². The van der Waals surface area contributed by atoms with Crippen LogP contribution in [0.5, 0.6) is 0 Å². The molecule has 1 aliphatic heterocycles. The highest BCUT2D eigenvalue weighted by molar-refractivity contribution is 7.15. The van der Waals surface area contributed by atoms with Gasteiger partial charge in [-0.25, -0.2) is 4.98 Å². The third-order valence-corrected chi connectivity index (χ3v) is 5.49. The zero-order valence-electron chi connectivity index (χ0n) is 12.3. The lowest BCUT2D eigenvalue weighted by Gasteiger charge is -2.43. The van der Waals surface area contributed by atoms with Crippen molar-refractivity contribution in [1.82, 2.24) is 9.88 Å². The summed E-state index contributed by atoms with van der Waals surface area (Å²) in [7, 11) is 0. The van der Waals surface area contributed by atoms with Crippen molar-refractivity contribution in [2.45, 2.75) is 52.0 Å². The zero-order chi connectivity index (χ0) is 14.1. The van der Waals surface area contributed by atoms with E-state index in [1.807, 2.05) is 0 Å². The molecule has 1 aliphatic carbocycles. The molecule has 0 unspecified atom stereocenters. The lowest BCUT2D eigenvalue weighted by atomic mass is 9.79. The van der Waals surface area contributed by atoms with E-state index in [0.717, 1.165) is 23.9 Å². The molecule has 110 valence electrons. The molecular weight excluding hydrogens is 270 g/mol. The van der Waals surface area contributed by atoms with Crippen LogP contribution in [0.4, 0.5) is 5.13 Å². The van der Waals surface area contributed by atoms with E-state index in [1.165, 1.54) is 42.9 Å². The molecule has 5 heteroatoms. The minimum atomic E-state index is -0.0267. The number of anilines is 1. The van der Waals surface area contributed by atoms with Crippen LogP contribution in [-0.2, 0) is 17.6 Å². The summed E-state index contributed by atoms with van der Waals surface area (Å²) >= 11 is 1.67. The Morgan fingerprint density at radius 2 is 2.35 bits per heavy atom. The number of hydrogen-bond acceptors (Lipinski definition) is 4. The second kappa shape index (κ2) is 5.82. The third-order valence-electron chi connectivity index (χ3n) is 4.46. The van der Waals surface area contributed by atoms with Crippen LogP contribution in [0.2, 0.25) is 0 Å². The van der Waals surface area contributed by atoms with Gasteiger partial charge in [-0.2, -0.15) is 0 Å². The van der Waals surface area contributed by atoms with E-state index >= 15 is 0 Å². The number of carbonyl (C=O) groups excluding carboxylic acids is 1. The Morgan fingerprint density at radius 1 is 1.50 bits per heavy atom. The highest BCUT2D eigenvalue weighted by Gasteiger charge is 2.36. The molecule has 1 fully saturated rings. The smallest absolute Gasteiger partial charge is 0.223 e. The molecule has 4 nitrogen and oxygen atoms in total. The average Bonchev–Trinajstić information content (AvgIpc) is 2.77. The Bertz CT molecular complexity index is 497. The van der Waals surface area contributed by atoms with Crippen molar-refractivity contribution in [2.24, 2.45) is 5.92 Å². The predicted octanol–water partition coefficient (Wildman–Crippen LogP) is 2.69. The Hall–Kier alpha value is -0.940. The number of rotatable bonds is 3. The molecule has 0 radical (unpaired) electrons. The predicted molar refractivity (Wildman–Crippen MR) is 82.2 cm³/mol. The zero-order valence-corrected chi connectivity index (χ0v) is 13.1. The second-order valence-electron chi connectivity index (χ2n) is 5.98. The van der Waals surface area contributed by atoms with Crippen LogP contribution < -0.4 is 5.32 Å². The third kappa shape index (κ3) is 2.74. The molecule has 0 bridgehead atoms. The van der Waals surface area contributed by atoms with Gasteiger partial charge in [0.15, 0.2) is 5.13 Å². The first-order valence-electron chi connectivity index (χ1n) is 7.67. The molecule has 3 rings (SSSR count). The number of piperidine rings is 1. The SMILES string of the molecule is CCCN1CCC[C@@H]2Cc3nc(NC(C)=O)sc3C[C@H]21. The first kappa shape index (κ1) is 14.0. The summed E-state index contributed by atoms with van der Waals surface area (Å²) in [5.74, 6) is 0.733. The Morgan fingerprint density at radius 3 is 3.10 bits per heavy atom. The molecule has 1 aromatic heterocycles. The Labute approximate surface area is 124 Å². The van der Waals surface area contributed by atoms with Crippen LogP contribution in [0, 0.1) is 5.92 Å². The number of amides is 1. The summed E-state index contributed by atoms with van der Waals surface area (Å²) in [4.78, 5) is 19.8. The Balaban J connectivity index is 1.79. The van der Waals surface area contributed by atoms with Gasteiger partial charge in [-0.05, 0) is 51.1 Å². The van der Waals surface area contributed by atoms with Gasteiger partial charge in [-0.3, -0.25) is 9.69 Å². The molecule has 0 spiro atoms. The first-order chi connectivity index (χ1) is 9.67. The maximum atomic E-state index is 11.2. The molecule has 1 saturated heterocycles. The molecule has 0 saturated carbocycles. The lowest BCUT2D eigenvalue weighted by molar-refractivity contribution is -0.114. The number of hydrogen-bond donors (Lipinski definition) is 1. The molecule has 20 heavy (non-hydrogen) atoms. The fourth-order valence-electron chi connectivity index (χ4n) is 3.66. The van der Waals surface area contributed by atoms with Gasteiger partial charge in [0.1, 0.15) is 0 Å². The number of thiazole rings is 1. The highest BCUT2D eigenvalue weighted by Crippen LogP contribution is 2.38. The van der Waals surface area contributed by atoms with Gasteiger partial charge in [-0.1, -0.05) is 6.92 Å². The maximum Gasteiger partial charge on any atom is 0.223 e. The van der Waals surface area contributed by atoms with Crippen LogP contribution >= 0.6 is 11.3 Å². The quantitative estimate of drug-likeness (QED) is 0.932. The van der Waals surface area contributed by atoms with Crippen LogP contribution in [-0.4, -0.2) is 34.9 Å². The number of likely N-dealkylation sites (tertiary alicyclic amines) is 1. The van der Waals surface area contributed by atoms with Gasteiger partial charge in [0.25, 0.3) is 0 Å². The van der Waals surface area contributed by atoms with Crippen molar-refractivity contribution in [3.05, 3.63) is 10.6 Å². The fourth-order valence-corrected chi connectivity index (χ4v) is 4.74. The standard InChI is InChI=1S/C15H23N3OS/c1-3-6-18-7-4-5-11-8-12-14(9-13(11)18)20-15(17-12)16-10(2)19/h11,13H,3-9H2,1-2H3,(H,16,17,19)/t11-,13-/m1/s1. The van der Waals surface area contributed by atoms with Gasteiger partial charge in [0.05, 0.1) is 5.69 Å². The molecule has 1 amide bonds. The summed E-state index contributed by atoms with van der Waals surface area (Å²) in [5, 5.41) is 3.62. The van der Waals surface area contributed by atoms with Crippen molar-refractivity contribution < 1.29 is 4.79 Å². The van der Waals surface area contributed by atoms with E-state index in [1.54, 1.807) is 18.3 Å². The number of carbonyl (C=O) groups is 1. The molecule has 2 aliphatic rings. The van der Waals surface area contributed by atoms with E-state index in [9.17, 15) is 4.79 Å². The van der Waals surface area contributed by atoms with Gasteiger partial charge in [0, 0.05) is 17.8 Å². The first-order valence-corrected chi connectivity index (χ1v) is 8.49. The summed E-state index contributed by atoms with van der Waals surface area (Å²) in [6.45, 7) is 6.28. The molecule has 1 N–H and O–H groups in total. The van der Waals surface area contributed by atoms with E-state index < -0.39 is 0 Å². The summed E-state index contributed by atoms with van der Waals surface area (Å²) < 4.78 is 0. The van der Waals surface area contributed by atoms with Crippen molar-refractivity contribution >= 4 is 22.4 Å². The normalized spacial score (nSPS) is 25.9. The van der Waals surface area contributed by atoms with Crippen LogP contribution in [0.3, 0.4) is 0 Å². The highest BCUT2D eigenvalue weighted by atomic mass is 32.1. The number of nitrogens with one attached hydrogen (secondary N) is 1. The largest absolute Gasteiger partial charge is 0.302 e. The molecule has 2 heterocycles. The summed E-state index contributed by atoms with van der Waals surface area (Å²) in [5.41, 5.74) is 1.23. The van der Waals surface area contributed by atoms with Crippen LogP contribution in [0.1, 0.15) is 43.7 Å². The summed E-state index contributed by atoms with van der Waals surface area (Å²) in [6.07, 6.45) is 6.10. The average molecular weight is 293 g/mol. The lowest BCUT2D eigenvalue weighted by Crippen LogP contribution is -2.49. The second-order valence-corrected chi connectivity index (χ2v) is 7.07. The number of fused-ring (bicyclic) bond motifs is 2. The van der Waals surface area contributed by atoms with Gasteiger partial charge < -0.3 is 5.32 Å². The number of aromatic nitrogens is 1. The molecule has 2 atom stereocenters. The number of nitrogens with zero attached hydrogens (tertiary/aromatic N) is 2. The van der Waals surface area contributed by atoms with E-state index in [0.29, 0.717) is 6.04 Å². The van der Waals surface area contributed by atoms with Gasteiger partial charge >= 0.3 is 0 Å². The summed E-state index contributed by atoms with van der Waals surface area (Å²) in [6, 6.07) is 0.696. The monoisotopic (exact) mass is 293 g/mol. The van der Waals surface area contributed by atoms with Crippen LogP contribution in [0.25, 0.3) is 0 Å². The minimum absolute atomic E-state index is 0.0267. The maximum absolute atomic E-state index is 11.2. The molecule has 0 aromatic carbocycles. The Kier molecular flexibility index (Phi) is 4.08. The fraction of sp³-hybridized carbons (Fsp3) is 0.733. The van der Waals surface area contributed by atoms with E-state index in [4.69, 9.17) is 0 Å². The van der Waals surface area contributed by atoms with Crippen molar-refractivity contribution in [3.63, 3.8) is 0 Å². The molecule has 1 aromatic rings. The van der Waals surface area contributed by atoms with Crippen molar-refractivity contribution in [2.75, 3.05) is 18.4 Å².